The number of rotatable bonds is 4. The highest BCUT2D eigenvalue weighted by atomic mass is 16.5. The Morgan fingerprint density at radius 1 is 1.38 bits per heavy atom. The van der Waals surface area contributed by atoms with Crippen molar-refractivity contribution in [2.24, 2.45) is 5.73 Å². The van der Waals surface area contributed by atoms with Crippen LogP contribution in [0.25, 0.3) is 0 Å². The van der Waals surface area contributed by atoms with E-state index in [-0.39, 0.29) is 0 Å². The van der Waals surface area contributed by atoms with Crippen molar-refractivity contribution in [1.82, 2.24) is 0 Å². The van der Waals surface area contributed by atoms with Crippen molar-refractivity contribution in [3.8, 4) is 5.75 Å². The Hall–Kier alpha value is -1.22. The minimum atomic E-state index is 0.358. The fraction of sp³-hybridized carbons (Fsp3) is 0.538. The van der Waals surface area contributed by atoms with E-state index in [1.54, 1.807) is 0 Å². The summed E-state index contributed by atoms with van der Waals surface area (Å²) in [4.78, 5) is 0. The highest BCUT2D eigenvalue weighted by Gasteiger charge is 2.22. The quantitative estimate of drug-likeness (QED) is 0.819. The molecule has 0 bridgehead atoms. The van der Waals surface area contributed by atoms with Crippen LogP contribution in [0, 0.1) is 0 Å². The molecule has 1 aromatic rings. The topological polar surface area (TPSA) is 47.3 Å². The third-order valence-corrected chi connectivity index (χ3v) is 3.02. The third kappa shape index (κ3) is 2.67. The first kappa shape index (κ1) is 11.3. The Kier molecular flexibility index (Phi) is 3.67. The van der Waals surface area contributed by atoms with Crippen LogP contribution < -0.4 is 15.8 Å². The van der Waals surface area contributed by atoms with Crippen molar-refractivity contribution < 1.29 is 4.74 Å². The predicted molar refractivity (Wildman–Crippen MR) is 66.8 cm³/mol. The summed E-state index contributed by atoms with van der Waals surface area (Å²) in [6, 6.07) is 8.94. The molecule has 0 saturated heterocycles. The van der Waals surface area contributed by atoms with Gasteiger partial charge in [0.1, 0.15) is 5.75 Å². The number of benzene rings is 1. The maximum Gasteiger partial charge on any atom is 0.142 e. The van der Waals surface area contributed by atoms with Crippen molar-refractivity contribution in [2.45, 2.75) is 38.3 Å². The van der Waals surface area contributed by atoms with Gasteiger partial charge in [-0.05, 0) is 38.3 Å². The minimum Gasteiger partial charge on any atom is -0.492 e. The van der Waals surface area contributed by atoms with Crippen LogP contribution in [0.5, 0.6) is 5.75 Å². The number of nitrogens with one attached hydrogen (secondary N) is 1. The highest BCUT2D eigenvalue weighted by Crippen LogP contribution is 2.28. The molecule has 0 amide bonds. The second-order valence-electron chi connectivity index (χ2n) is 4.34. The van der Waals surface area contributed by atoms with Crippen LogP contribution in [0.2, 0.25) is 0 Å². The summed E-state index contributed by atoms with van der Waals surface area (Å²) in [6.45, 7) is 2.70. The predicted octanol–water partition coefficient (Wildman–Crippen LogP) is 2.38. The van der Waals surface area contributed by atoms with E-state index in [1.165, 1.54) is 0 Å². The molecule has 1 saturated carbocycles. The summed E-state index contributed by atoms with van der Waals surface area (Å²) in [6.07, 6.45) is 3.33. The van der Waals surface area contributed by atoms with Crippen molar-refractivity contribution in [2.75, 3.05) is 11.9 Å². The normalized spacial score (nSPS) is 24.4. The Labute approximate surface area is 97.0 Å². The van der Waals surface area contributed by atoms with E-state index in [4.69, 9.17) is 10.5 Å². The molecule has 0 radical (unpaired) electrons. The van der Waals surface area contributed by atoms with E-state index in [2.05, 4.69) is 11.4 Å². The largest absolute Gasteiger partial charge is 0.492 e. The van der Waals surface area contributed by atoms with Gasteiger partial charge in [0.15, 0.2) is 0 Å². The van der Waals surface area contributed by atoms with Crippen molar-refractivity contribution in [3.05, 3.63) is 24.3 Å². The van der Waals surface area contributed by atoms with Gasteiger partial charge in [0.2, 0.25) is 0 Å². The van der Waals surface area contributed by atoms with E-state index in [9.17, 15) is 0 Å². The molecule has 2 rings (SSSR count). The molecule has 0 heterocycles. The summed E-state index contributed by atoms with van der Waals surface area (Å²) >= 11 is 0. The number of anilines is 1. The molecule has 1 fully saturated rings. The van der Waals surface area contributed by atoms with Gasteiger partial charge in [0.05, 0.1) is 12.3 Å². The average Bonchev–Trinajstić information content (AvgIpc) is 2.67. The van der Waals surface area contributed by atoms with Crippen molar-refractivity contribution >= 4 is 5.69 Å². The van der Waals surface area contributed by atoms with Gasteiger partial charge in [0.25, 0.3) is 0 Å². The average molecular weight is 220 g/mol. The van der Waals surface area contributed by atoms with E-state index in [0.29, 0.717) is 18.7 Å². The van der Waals surface area contributed by atoms with Crippen molar-refractivity contribution in [1.29, 1.82) is 0 Å². The Balaban J connectivity index is 2.02. The fourth-order valence-electron chi connectivity index (χ4n) is 2.23. The van der Waals surface area contributed by atoms with Crippen LogP contribution >= 0.6 is 0 Å². The Morgan fingerprint density at radius 3 is 2.88 bits per heavy atom. The molecule has 0 aliphatic heterocycles. The van der Waals surface area contributed by atoms with Crippen LogP contribution in [0.4, 0.5) is 5.69 Å². The lowest BCUT2D eigenvalue weighted by molar-refractivity contribution is 0.341. The van der Waals surface area contributed by atoms with Gasteiger partial charge in [-0.15, -0.1) is 0 Å². The summed E-state index contributed by atoms with van der Waals surface area (Å²) in [5, 5.41) is 3.52. The number of hydrogen-bond acceptors (Lipinski definition) is 3. The molecule has 3 N–H and O–H groups in total. The maximum atomic E-state index is 5.90. The smallest absolute Gasteiger partial charge is 0.142 e. The summed E-state index contributed by atoms with van der Waals surface area (Å²) in [5.41, 5.74) is 6.99. The van der Waals surface area contributed by atoms with Gasteiger partial charge in [-0.3, -0.25) is 0 Å². The van der Waals surface area contributed by atoms with Gasteiger partial charge in [-0.2, -0.15) is 0 Å². The van der Waals surface area contributed by atoms with Gasteiger partial charge < -0.3 is 15.8 Å². The summed E-state index contributed by atoms with van der Waals surface area (Å²) in [5.74, 6) is 0.936. The number of hydrogen-bond donors (Lipinski definition) is 2. The first-order chi connectivity index (χ1) is 7.79. The van der Waals surface area contributed by atoms with E-state index < -0.39 is 0 Å². The molecule has 88 valence electrons. The minimum absolute atomic E-state index is 0.358. The lowest BCUT2D eigenvalue weighted by Gasteiger charge is -2.17. The molecule has 3 heteroatoms. The number of ether oxygens (including phenoxy) is 1. The second kappa shape index (κ2) is 5.21. The lowest BCUT2D eigenvalue weighted by atomic mass is 10.2. The zero-order chi connectivity index (χ0) is 11.4. The molecule has 1 aromatic carbocycles. The third-order valence-electron chi connectivity index (χ3n) is 3.02. The highest BCUT2D eigenvalue weighted by molar-refractivity contribution is 5.56. The Morgan fingerprint density at radius 2 is 2.19 bits per heavy atom. The molecule has 2 unspecified atom stereocenters. The summed E-state index contributed by atoms with van der Waals surface area (Å²) in [7, 11) is 0. The number of para-hydroxylation sites is 2. The first-order valence-corrected chi connectivity index (χ1v) is 6.03. The maximum absolute atomic E-state index is 5.90. The SMILES string of the molecule is CCOc1ccccc1NC1CCC(N)C1. The van der Waals surface area contributed by atoms with Crippen LogP contribution in [0.15, 0.2) is 24.3 Å². The standard InChI is InChI=1S/C13H20N2O/c1-2-16-13-6-4-3-5-12(13)15-11-8-7-10(14)9-11/h3-6,10-11,15H,2,7-9,14H2,1H3. The zero-order valence-corrected chi connectivity index (χ0v) is 9.78. The molecule has 3 nitrogen and oxygen atoms in total. The van der Waals surface area contributed by atoms with Gasteiger partial charge in [0, 0.05) is 12.1 Å². The van der Waals surface area contributed by atoms with E-state index in [1.807, 2.05) is 25.1 Å². The molecule has 1 aliphatic carbocycles. The van der Waals surface area contributed by atoms with Gasteiger partial charge >= 0.3 is 0 Å². The van der Waals surface area contributed by atoms with Crippen LogP contribution in [-0.4, -0.2) is 18.7 Å². The van der Waals surface area contributed by atoms with Crippen molar-refractivity contribution in [3.63, 3.8) is 0 Å². The van der Waals surface area contributed by atoms with Crippen LogP contribution in [-0.2, 0) is 0 Å². The van der Waals surface area contributed by atoms with Gasteiger partial charge in [-0.25, -0.2) is 0 Å². The first-order valence-electron chi connectivity index (χ1n) is 6.03. The van der Waals surface area contributed by atoms with E-state index >= 15 is 0 Å². The summed E-state index contributed by atoms with van der Waals surface area (Å²) < 4.78 is 5.58. The molecule has 0 aromatic heterocycles. The van der Waals surface area contributed by atoms with E-state index in [0.717, 1.165) is 30.7 Å². The molecule has 0 spiro atoms. The fourth-order valence-corrected chi connectivity index (χ4v) is 2.23. The van der Waals surface area contributed by atoms with Gasteiger partial charge in [-0.1, -0.05) is 12.1 Å². The second-order valence-corrected chi connectivity index (χ2v) is 4.34. The van der Waals surface area contributed by atoms with Crippen LogP contribution in [0.3, 0.4) is 0 Å². The monoisotopic (exact) mass is 220 g/mol. The van der Waals surface area contributed by atoms with Crippen LogP contribution in [0.1, 0.15) is 26.2 Å². The molecule has 16 heavy (non-hydrogen) atoms. The molecular weight excluding hydrogens is 200 g/mol. The molecule has 2 atom stereocenters. The Bertz CT molecular complexity index is 340. The molecular formula is C13H20N2O. The zero-order valence-electron chi connectivity index (χ0n) is 9.78. The molecule has 1 aliphatic rings. The lowest BCUT2D eigenvalue weighted by Crippen LogP contribution is -2.21. The number of nitrogens with two attached hydrogens (primary N) is 1.